The van der Waals surface area contributed by atoms with Gasteiger partial charge in [-0.15, -0.1) is 11.3 Å². The van der Waals surface area contributed by atoms with Crippen LogP contribution in [-0.4, -0.2) is 21.6 Å². The lowest BCUT2D eigenvalue weighted by atomic mass is 10.0. The summed E-state index contributed by atoms with van der Waals surface area (Å²) in [5, 5.41) is 3.96. The molecule has 0 radical (unpaired) electrons. The van der Waals surface area contributed by atoms with Crippen LogP contribution < -0.4 is 10.9 Å². The van der Waals surface area contributed by atoms with Crippen LogP contribution in [-0.2, 0) is 11.2 Å². The summed E-state index contributed by atoms with van der Waals surface area (Å²) in [5.41, 5.74) is 3.80. The number of thiophene rings is 1. The first kappa shape index (κ1) is 22.3. The number of amides is 1. The van der Waals surface area contributed by atoms with Gasteiger partial charge in [-0.2, -0.15) is 0 Å². The second kappa shape index (κ2) is 10.1. The van der Waals surface area contributed by atoms with Crippen molar-refractivity contribution >= 4 is 44.9 Å². The largest absolute Gasteiger partial charge is 0.325 e. The van der Waals surface area contributed by atoms with Gasteiger partial charge in [0.05, 0.1) is 11.1 Å². The summed E-state index contributed by atoms with van der Waals surface area (Å²) in [6, 6.07) is 17.8. The molecule has 0 saturated carbocycles. The molecule has 0 unspecified atom stereocenters. The number of thioether (sulfide) groups is 1. The Bertz CT molecular complexity index is 1280. The number of aromatic amines is 1. The fraction of sp³-hybridized carbons (Fsp3) is 0.240. The van der Waals surface area contributed by atoms with Gasteiger partial charge in [-0.25, -0.2) is 4.98 Å². The van der Waals surface area contributed by atoms with Gasteiger partial charge in [0.1, 0.15) is 4.83 Å². The fourth-order valence-corrected chi connectivity index (χ4v) is 5.35. The molecule has 4 rings (SSSR count). The van der Waals surface area contributed by atoms with E-state index in [0.29, 0.717) is 15.4 Å². The van der Waals surface area contributed by atoms with E-state index < -0.39 is 0 Å². The van der Waals surface area contributed by atoms with Gasteiger partial charge in [-0.3, -0.25) is 9.59 Å². The van der Waals surface area contributed by atoms with Gasteiger partial charge in [0.2, 0.25) is 5.91 Å². The van der Waals surface area contributed by atoms with E-state index in [1.807, 2.05) is 49.4 Å². The molecule has 2 N–H and O–H groups in total. The molecule has 7 heteroatoms. The third kappa shape index (κ3) is 5.11. The number of rotatable bonds is 8. The van der Waals surface area contributed by atoms with E-state index in [0.717, 1.165) is 41.0 Å². The van der Waals surface area contributed by atoms with Crippen molar-refractivity contribution in [2.24, 2.45) is 0 Å². The molecule has 0 spiro atoms. The SMILES string of the molecule is CCCCc1ccc(NC(=O)CSc2nc3sc(C)c(-c4ccccc4)c3c(=O)[nH]2)cc1. The molecular weight excluding hydrogens is 438 g/mol. The molecule has 0 bridgehead atoms. The predicted molar refractivity (Wildman–Crippen MR) is 135 cm³/mol. The Morgan fingerprint density at radius 3 is 2.59 bits per heavy atom. The number of hydrogen-bond donors (Lipinski definition) is 2. The van der Waals surface area contributed by atoms with Crippen molar-refractivity contribution in [3.05, 3.63) is 75.4 Å². The normalized spacial score (nSPS) is 11.1. The molecule has 164 valence electrons. The van der Waals surface area contributed by atoms with Crippen molar-refractivity contribution in [2.75, 3.05) is 11.1 Å². The van der Waals surface area contributed by atoms with E-state index in [1.54, 1.807) is 0 Å². The molecule has 1 amide bonds. The van der Waals surface area contributed by atoms with Gasteiger partial charge >= 0.3 is 0 Å². The Hall–Kier alpha value is -2.90. The lowest BCUT2D eigenvalue weighted by Gasteiger charge is -2.06. The van der Waals surface area contributed by atoms with E-state index in [9.17, 15) is 9.59 Å². The lowest BCUT2D eigenvalue weighted by Crippen LogP contribution is -2.15. The van der Waals surface area contributed by atoms with Crippen LogP contribution >= 0.6 is 23.1 Å². The Morgan fingerprint density at radius 2 is 1.88 bits per heavy atom. The molecule has 0 fully saturated rings. The van der Waals surface area contributed by atoms with Crippen molar-refractivity contribution in [3.63, 3.8) is 0 Å². The van der Waals surface area contributed by atoms with Gasteiger partial charge in [-0.1, -0.05) is 67.6 Å². The molecule has 32 heavy (non-hydrogen) atoms. The summed E-state index contributed by atoms with van der Waals surface area (Å²) in [6.45, 7) is 4.18. The number of nitrogens with zero attached hydrogens (tertiary/aromatic N) is 1. The van der Waals surface area contributed by atoms with E-state index in [2.05, 4.69) is 34.3 Å². The summed E-state index contributed by atoms with van der Waals surface area (Å²) in [5.74, 6) is 0.0356. The van der Waals surface area contributed by atoms with E-state index in [4.69, 9.17) is 0 Å². The maximum absolute atomic E-state index is 12.8. The van der Waals surface area contributed by atoms with E-state index >= 15 is 0 Å². The summed E-state index contributed by atoms with van der Waals surface area (Å²) in [6.07, 6.45) is 3.38. The molecule has 2 heterocycles. The monoisotopic (exact) mass is 463 g/mol. The molecule has 0 saturated heterocycles. The zero-order valence-corrected chi connectivity index (χ0v) is 19.7. The molecule has 5 nitrogen and oxygen atoms in total. The van der Waals surface area contributed by atoms with E-state index in [1.165, 1.54) is 28.7 Å². The van der Waals surface area contributed by atoms with Crippen molar-refractivity contribution < 1.29 is 4.79 Å². The first-order valence-corrected chi connectivity index (χ1v) is 12.5. The van der Waals surface area contributed by atoms with Gasteiger partial charge in [0.25, 0.3) is 5.56 Å². The summed E-state index contributed by atoms with van der Waals surface area (Å²) >= 11 is 2.73. The van der Waals surface area contributed by atoms with Crippen LogP contribution in [0.3, 0.4) is 0 Å². The summed E-state index contributed by atoms with van der Waals surface area (Å²) < 4.78 is 0. The number of aromatic nitrogens is 2. The second-order valence-corrected chi connectivity index (χ2v) is 9.76. The number of benzene rings is 2. The van der Waals surface area contributed by atoms with Gasteiger partial charge in [0, 0.05) is 16.1 Å². The number of carbonyl (C=O) groups is 1. The predicted octanol–water partition coefficient (Wildman–Crippen LogP) is 6.03. The minimum Gasteiger partial charge on any atom is -0.325 e. The van der Waals surface area contributed by atoms with Crippen molar-refractivity contribution in [1.29, 1.82) is 0 Å². The molecule has 2 aromatic carbocycles. The molecule has 4 aromatic rings. The number of H-pyrrole nitrogens is 1. The average molecular weight is 464 g/mol. The van der Waals surface area contributed by atoms with Crippen LogP contribution in [0, 0.1) is 6.92 Å². The number of fused-ring (bicyclic) bond motifs is 1. The van der Waals surface area contributed by atoms with Gasteiger partial charge in [-0.05, 0) is 43.0 Å². The van der Waals surface area contributed by atoms with Crippen LogP contribution in [0.15, 0.2) is 64.5 Å². The molecule has 0 atom stereocenters. The Morgan fingerprint density at radius 1 is 1.12 bits per heavy atom. The number of anilines is 1. The Balaban J connectivity index is 1.45. The molecule has 0 aliphatic rings. The third-order valence-electron chi connectivity index (χ3n) is 5.18. The van der Waals surface area contributed by atoms with Crippen molar-refractivity contribution in [3.8, 4) is 11.1 Å². The highest BCUT2D eigenvalue weighted by Crippen LogP contribution is 2.35. The number of hydrogen-bond acceptors (Lipinski definition) is 5. The quantitative estimate of drug-likeness (QED) is 0.247. The third-order valence-corrected chi connectivity index (χ3v) is 7.05. The lowest BCUT2D eigenvalue weighted by molar-refractivity contribution is -0.113. The van der Waals surface area contributed by atoms with Gasteiger partial charge < -0.3 is 10.3 Å². The zero-order chi connectivity index (χ0) is 22.5. The highest BCUT2D eigenvalue weighted by molar-refractivity contribution is 7.99. The first-order valence-electron chi connectivity index (χ1n) is 10.7. The number of nitrogens with one attached hydrogen (secondary N) is 2. The highest BCUT2D eigenvalue weighted by Gasteiger charge is 2.17. The zero-order valence-electron chi connectivity index (χ0n) is 18.1. The van der Waals surface area contributed by atoms with Crippen LogP contribution in [0.5, 0.6) is 0 Å². The highest BCUT2D eigenvalue weighted by atomic mass is 32.2. The summed E-state index contributed by atoms with van der Waals surface area (Å²) in [4.78, 5) is 34.4. The minimum atomic E-state index is -0.177. The van der Waals surface area contributed by atoms with Crippen LogP contribution in [0.2, 0.25) is 0 Å². The summed E-state index contributed by atoms with van der Waals surface area (Å²) in [7, 11) is 0. The first-order chi connectivity index (χ1) is 15.5. The van der Waals surface area contributed by atoms with Crippen LogP contribution in [0.1, 0.15) is 30.2 Å². The minimum absolute atomic E-state index is 0.133. The molecule has 0 aliphatic heterocycles. The Labute approximate surface area is 195 Å². The number of carbonyl (C=O) groups excluding carboxylic acids is 1. The van der Waals surface area contributed by atoms with Crippen LogP contribution in [0.25, 0.3) is 21.3 Å². The fourth-order valence-electron chi connectivity index (χ4n) is 3.59. The molecule has 2 aromatic heterocycles. The van der Waals surface area contributed by atoms with E-state index in [-0.39, 0.29) is 17.2 Å². The second-order valence-electron chi connectivity index (χ2n) is 7.59. The van der Waals surface area contributed by atoms with Crippen LogP contribution in [0.4, 0.5) is 5.69 Å². The smallest absolute Gasteiger partial charge is 0.260 e. The number of unbranched alkanes of at least 4 members (excludes halogenated alkanes) is 1. The van der Waals surface area contributed by atoms with Gasteiger partial charge in [0.15, 0.2) is 5.16 Å². The molecule has 0 aliphatic carbocycles. The maximum Gasteiger partial charge on any atom is 0.260 e. The molecular formula is C25H25N3O2S2. The maximum atomic E-state index is 12.8. The Kier molecular flexibility index (Phi) is 7.07. The topological polar surface area (TPSA) is 74.8 Å². The average Bonchev–Trinajstić information content (AvgIpc) is 3.14. The van der Waals surface area contributed by atoms with Crippen molar-refractivity contribution in [1.82, 2.24) is 9.97 Å². The number of aryl methyl sites for hydroxylation is 2. The van der Waals surface area contributed by atoms with Crippen molar-refractivity contribution in [2.45, 2.75) is 38.3 Å². The standard InChI is InChI=1S/C25H25N3O2S2/c1-3-4-8-17-11-13-19(14-12-17)26-20(29)15-31-25-27-23(30)22-21(16(2)32-24(22)28-25)18-9-6-5-7-10-18/h5-7,9-14H,3-4,8,15H2,1-2H3,(H,26,29)(H,27,28,30).